The van der Waals surface area contributed by atoms with Gasteiger partial charge in [-0.1, -0.05) is 5.16 Å². The van der Waals surface area contributed by atoms with E-state index < -0.39 is 11.6 Å². The largest absolute Gasteiger partial charge is 0.380 e. The lowest BCUT2D eigenvalue weighted by Gasteiger charge is -2.02. The molecule has 0 aliphatic rings. The zero-order valence-corrected chi connectivity index (χ0v) is 10.4. The average Bonchev–Trinajstić information content (AvgIpc) is 2.95. The zero-order chi connectivity index (χ0) is 13.4. The zero-order valence-electron chi connectivity index (χ0n) is 9.56. The standard InChI is InChI=1S/C13H8F2N2OS/c14-9-3-8(4-10(15)5-9)11-12(18-17-13(11)16)7-1-2-19-6-7/h1-6H,(H2,16,17). The molecule has 1 aromatic carbocycles. The van der Waals surface area contributed by atoms with Crippen LogP contribution in [0.25, 0.3) is 22.5 Å². The quantitative estimate of drug-likeness (QED) is 0.772. The van der Waals surface area contributed by atoms with E-state index >= 15 is 0 Å². The van der Waals surface area contributed by atoms with Crippen molar-refractivity contribution in [1.29, 1.82) is 0 Å². The molecule has 0 spiro atoms. The van der Waals surface area contributed by atoms with Gasteiger partial charge in [0.25, 0.3) is 0 Å². The molecule has 0 radical (unpaired) electrons. The third-order valence-corrected chi connectivity index (χ3v) is 3.34. The summed E-state index contributed by atoms with van der Waals surface area (Å²) >= 11 is 1.48. The number of halogens is 2. The van der Waals surface area contributed by atoms with Crippen LogP contribution in [0.1, 0.15) is 0 Å². The summed E-state index contributed by atoms with van der Waals surface area (Å²) in [5.41, 5.74) is 7.21. The summed E-state index contributed by atoms with van der Waals surface area (Å²) in [6.07, 6.45) is 0. The maximum Gasteiger partial charge on any atom is 0.177 e. The van der Waals surface area contributed by atoms with Crippen LogP contribution >= 0.6 is 11.3 Å². The highest BCUT2D eigenvalue weighted by atomic mass is 32.1. The van der Waals surface area contributed by atoms with Crippen LogP contribution in [0.3, 0.4) is 0 Å². The molecule has 3 nitrogen and oxygen atoms in total. The molecule has 3 rings (SSSR count). The first kappa shape index (κ1) is 11.9. The van der Waals surface area contributed by atoms with Crippen molar-refractivity contribution < 1.29 is 13.3 Å². The van der Waals surface area contributed by atoms with Crippen molar-refractivity contribution in [2.24, 2.45) is 0 Å². The summed E-state index contributed by atoms with van der Waals surface area (Å²) < 4.78 is 31.8. The molecular formula is C13H8F2N2OS. The van der Waals surface area contributed by atoms with Crippen LogP contribution in [0.4, 0.5) is 14.6 Å². The second-order valence-electron chi connectivity index (χ2n) is 3.94. The molecule has 0 atom stereocenters. The fourth-order valence-electron chi connectivity index (χ4n) is 1.87. The molecule has 6 heteroatoms. The number of benzene rings is 1. The van der Waals surface area contributed by atoms with Gasteiger partial charge in [-0.2, -0.15) is 11.3 Å². The summed E-state index contributed by atoms with van der Waals surface area (Å²) in [6, 6.07) is 5.02. The molecule has 0 fully saturated rings. The van der Waals surface area contributed by atoms with Crippen LogP contribution < -0.4 is 5.73 Å². The van der Waals surface area contributed by atoms with Crippen LogP contribution in [-0.4, -0.2) is 5.16 Å². The molecule has 0 aliphatic carbocycles. The first-order valence-electron chi connectivity index (χ1n) is 5.39. The Morgan fingerprint density at radius 2 is 1.84 bits per heavy atom. The van der Waals surface area contributed by atoms with Crippen molar-refractivity contribution in [3.05, 3.63) is 46.7 Å². The van der Waals surface area contributed by atoms with Crippen LogP contribution in [0.15, 0.2) is 39.5 Å². The minimum Gasteiger partial charge on any atom is -0.380 e. The highest BCUT2D eigenvalue weighted by Crippen LogP contribution is 2.37. The molecule has 0 saturated carbocycles. The van der Waals surface area contributed by atoms with Gasteiger partial charge in [0.05, 0.1) is 5.56 Å². The Morgan fingerprint density at radius 1 is 1.11 bits per heavy atom. The third kappa shape index (κ3) is 2.10. The lowest BCUT2D eigenvalue weighted by molar-refractivity contribution is 0.436. The van der Waals surface area contributed by atoms with E-state index in [1.165, 1.54) is 23.5 Å². The fourth-order valence-corrected chi connectivity index (χ4v) is 2.51. The summed E-state index contributed by atoms with van der Waals surface area (Å²) in [4.78, 5) is 0. The number of thiophene rings is 1. The molecular weight excluding hydrogens is 270 g/mol. The van der Waals surface area contributed by atoms with Gasteiger partial charge in [-0.3, -0.25) is 0 Å². The summed E-state index contributed by atoms with van der Waals surface area (Å²) in [7, 11) is 0. The van der Waals surface area contributed by atoms with Gasteiger partial charge >= 0.3 is 0 Å². The Labute approximate surface area is 111 Å². The number of hydrogen-bond donors (Lipinski definition) is 1. The van der Waals surface area contributed by atoms with Crippen molar-refractivity contribution >= 4 is 17.2 Å². The van der Waals surface area contributed by atoms with Crippen LogP contribution in [-0.2, 0) is 0 Å². The lowest BCUT2D eigenvalue weighted by Crippen LogP contribution is -1.90. The van der Waals surface area contributed by atoms with Gasteiger partial charge in [0, 0.05) is 17.0 Å². The topological polar surface area (TPSA) is 52.0 Å². The smallest absolute Gasteiger partial charge is 0.177 e. The van der Waals surface area contributed by atoms with Crippen LogP contribution in [0.5, 0.6) is 0 Å². The van der Waals surface area contributed by atoms with Gasteiger partial charge in [0.15, 0.2) is 11.6 Å². The molecule has 2 heterocycles. The average molecular weight is 278 g/mol. The molecule has 0 saturated heterocycles. The van der Waals surface area contributed by atoms with Gasteiger partial charge in [0.1, 0.15) is 11.6 Å². The Bertz CT molecular complexity index is 702. The van der Waals surface area contributed by atoms with Gasteiger partial charge in [-0.15, -0.1) is 0 Å². The highest BCUT2D eigenvalue weighted by molar-refractivity contribution is 7.08. The lowest BCUT2D eigenvalue weighted by atomic mass is 10.0. The number of nitrogens with zero attached hydrogens (tertiary/aromatic N) is 1. The number of nitrogens with two attached hydrogens (primary N) is 1. The molecule has 0 bridgehead atoms. The Kier molecular flexibility index (Phi) is 2.79. The SMILES string of the molecule is Nc1noc(-c2ccsc2)c1-c1cc(F)cc(F)c1. The Balaban J connectivity index is 2.22. The van der Waals surface area contributed by atoms with E-state index in [-0.39, 0.29) is 5.82 Å². The third-order valence-electron chi connectivity index (χ3n) is 2.65. The maximum absolute atomic E-state index is 13.3. The number of aromatic nitrogens is 1. The second-order valence-corrected chi connectivity index (χ2v) is 4.72. The molecule has 0 amide bonds. The van der Waals surface area contributed by atoms with E-state index in [4.69, 9.17) is 10.3 Å². The monoisotopic (exact) mass is 278 g/mol. The van der Waals surface area contributed by atoms with E-state index in [9.17, 15) is 8.78 Å². The molecule has 2 N–H and O–H groups in total. The van der Waals surface area contributed by atoms with Crippen molar-refractivity contribution in [3.63, 3.8) is 0 Å². The highest BCUT2D eigenvalue weighted by Gasteiger charge is 2.19. The van der Waals surface area contributed by atoms with E-state index in [2.05, 4.69) is 5.16 Å². The van der Waals surface area contributed by atoms with Gasteiger partial charge in [0.2, 0.25) is 0 Å². The van der Waals surface area contributed by atoms with Crippen molar-refractivity contribution in [1.82, 2.24) is 5.16 Å². The Morgan fingerprint density at radius 3 is 2.47 bits per heavy atom. The second kappa shape index (κ2) is 4.47. The van der Waals surface area contributed by atoms with E-state index in [1.54, 1.807) is 0 Å². The van der Waals surface area contributed by atoms with Gasteiger partial charge in [-0.25, -0.2) is 8.78 Å². The molecule has 2 aromatic heterocycles. The minimum absolute atomic E-state index is 0.103. The summed E-state index contributed by atoms with van der Waals surface area (Å²) in [5, 5.41) is 7.38. The summed E-state index contributed by atoms with van der Waals surface area (Å²) in [6.45, 7) is 0. The predicted molar refractivity (Wildman–Crippen MR) is 69.6 cm³/mol. The van der Waals surface area contributed by atoms with Gasteiger partial charge < -0.3 is 10.3 Å². The first-order valence-corrected chi connectivity index (χ1v) is 6.33. The molecule has 96 valence electrons. The number of hydrogen-bond acceptors (Lipinski definition) is 4. The molecule has 0 aliphatic heterocycles. The molecule has 3 aromatic rings. The van der Waals surface area contributed by atoms with E-state index in [0.717, 1.165) is 11.6 Å². The Hall–Kier alpha value is -2.21. The minimum atomic E-state index is -0.674. The van der Waals surface area contributed by atoms with Crippen molar-refractivity contribution in [2.45, 2.75) is 0 Å². The number of nitrogen functional groups attached to an aromatic ring is 1. The maximum atomic E-state index is 13.3. The fraction of sp³-hybridized carbons (Fsp3) is 0. The first-order chi connectivity index (χ1) is 9.15. The molecule has 19 heavy (non-hydrogen) atoms. The normalized spacial score (nSPS) is 10.8. The van der Waals surface area contributed by atoms with E-state index in [1.807, 2.05) is 16.8 Å². The van der Waals surface area contributed by atoms with Crippen molar-refractivity contribution in [3.8, 4) is 22.5 Å². The van der Waals surface area contributed by atoms with Crippen LogP contribution in [0.2, 0.25) is 0 Å². The number of rotatable bonds is 2. The van der Waals surface area contributed by atoms with Crippen molar-refractivity contribution in [2.75, 3.05) is 5.73 Å². The summed E-state index contributed by atoms with van der Waals surface area (Å²) in [5.74, 6) is -0.839. The number of anilines is 1. The van der Waals surface area contributed by atoms with Crippen LogP contribution in [0, 0.1) is 11.6 Å². The van der Waals surface area contributed by atoms with Gasteiger partial charge in [-0.05, 0) is 29.1 Å². The van der Waals surface area contributed by atoms with E-state index in [0.29, 0.717) is 16.9 Å². The molecule has 0 unspecified atom stereocenters. The predicted octanol–water partition coefficient (Wildman–Crippen LogP) is 3.93.